The van der Waals surface area contributed by atoms with Gasteiger partial charge in [-0.3, -0.25) is 4.98 Å². The van der Waals surface area contributed by atoms with Crippen LogP contribution in [0.1, 0.15) is 16.8 Å². The van der Waals surface area contributed by atoms with Crippen molar-refractivity contribution in [2.45, 2.75) is 12.1 Å². The van der Waals surface area contributed by atoms with Crippen molar-refractivity contribution in [1.82, 2.24) is 14.8 Å². The highest BCUT2D eigenvalue weighted by atomic mass is 19.1. The predicted molar refractivity (Wildman–Crippen MR) is 138 cm³/mol. The Bertz CT molecular complexity index is 1370. The van der Waals surface area contributed by atoms with Crippen LogP contribution < -0.4 is 11.1 Å². The summed E-state index contributed by atoms with van der Waals surface area (Å²) in [5.41, 5.74) is 7.81. The number of halogens is 2. The summed E-state index contributed by atoms with van der Waals surface area (Å²) in [5.74, 6) is -2.24. The Morgan fingerprint density at radius 2 is 1.82 bits per heavy atom. The van der Waals surface area contributed by atoms with E-state index in [1.165, 1.54) is 0 Å². The molecule has 3 heterocycles. The standard InChI is InChI=1S/C28H28F2N6O2/c1-35-13-20-15-36(27(37)34-24-8-22(29)7-23(30)9-24)16-21(14-35)28(20,38)26-5-3-18(12-33-26)25-4-2-17(10-31)6-19(25)11-32/h2-9,12,20-21,38H,10,13-16,31H2,1H3,(H,34,37)/t20-,21+,28-. The van der Waals surface area contributed by atoms with E-state index in [1.54, 1.807) is 23.2 Å². The second-order valence-electron chi connectivity index (χ2n) is 10.1. The number of nitrogens with one attached hydrogen (secondary N) is 1. The number of nitrogens with two attached hydrogens (primary N) is 1. The number of nitrogens with zero attached hydrogens (tertiary/aromatic N) is 4. The van der Waals surface area contributed by atoms with Crippen LogP contribution in [0.2, 0.25) is 0 Å². The van der Waals surface area contributed by atoms with Gasteiger partial charge in [0.05, 0.1) is 17.3 Å². The fraction of sp³-hybridized carbons (Fsp3) is 0.321. The summed E-state index contributed by atoms with van der Waals surface area (Å²) in [4.78, 5) is 21.3. The van der Waals surface area contributed by atoms with Crippen LogP contribution in [0.5, 0.6) is 0 Å². The summed E-state index contributed by atoms with van der Waals surface area (Å²) in [6, 6.07) is 13.7. The van der Waals surface area contributed by atoms with Gasteiger partial charge in [-0.25, -0.2) is 13.6 Å². The number of nitriles is 1. The highest BCUT2D eigenvalue weighted by Gasteiger charge is 2.54. The number of urea groups is 1. The number of hydrogen-bond donors (Lipinski definition) is 3. The molecule has 0 radical (unpaired) electrons. The maximum atomic E-state index is 13.6. The van der Waals surface area contributed by atoms with Crippen molar-refractivity contribution in [3.8, 4) is 17.2 Å². The molecular weight excluding hydrogens is 490 g/mol. The first-order valence-corrected chi connectivity index (χ1v) is 12.3. The number of anilines is 1. The van der Waals surface area contributed by atoms with Crippen molar-refractivity contribution in [2.75, 3.05) is 38.5 Å². The third-order valence-electron chi connectivity index (χ3n) is 7.52. The number of rotatable bonds is 4. The third-order valence-corrected chi connectivity index (χ3v) is 7.52. The van der Waals surface area contributed by atoms with Crippen molar-refractivity contribution < 1.29 is 18.7 Å². The van der Waals surface area contributed by atoms with Crippen LogP contribution in [-0.4, -0.2) is 59.1 Å². The third kappa shape index (κ3) is 4.72. The number of hydrogen-bond acceptors (Lipinski definition) is 6. The van der Waals surface area contributed by atoms with E-state index in [1.807, 2.05) is 25.2 Å². The molecule has 2 amide bonds. The molecule has 10 heteroatoms. The van der Waals surface area contributed by atoms with Gasteiger partial charge >= 0.3 is 6.03 Å². The summed E-state index contributed by atoms with van der Waals surface area (Å²) in [7, 11) is 1.97. The first-order valence-electron chi connectivity index (χ1n) is 12.3. The number of carbonyl (C=O) groups is 1. The molecule has 2 saturated heterocycles. The van der Waals surface area contributed by atoms with E-state index in [0.29, 0.717) is 30.9 Å². The van der Waals surface area contributed by atoms with Gasteiger partial charge in [-0.1, -0.05) is 18.2 Å². The van der Waals surface area contributed by atoms with E-state index >= 15 is 0 Å². The van der Waals surface area contributed by atoms with Crippen molar-refractivity contribution in [3.05, 3.63) is 83.2 Å². The van der Waals surface area contributed by atoms with Gasteiger partial charge in [-0.15, -0.1) is 0 Å². The zero-order valence-electron chi connectivity index (χ0n) is 20.9. The zero-order valence-corrected chi connectivity index (χ0v) is 20.9. The number of pyridine rings is 1. The normalized spacial score (nSPS) is 23.1. The van der Waals surface area contributed by atoms with Crippen molar-refractivity contribution in [2.24, 2.45) is 17.6 Å². The number of aliphatic hydroxyl groups is 1. The molecule has 4 N–H and O–H groups in total. The maximum Gasteiger partial charge on any atom is 0.321 e. The topological polar surface area (TPSA) is 119 Å². The summed E-state index contributed by atoms with van der Waals surface area (Å²) in [6.07, 6.45) is 1.66. The van der Waals surface area contributed by atoms with Gasteiger partial charge in [0.15, 0.2) is 0 Å². The molecule has 0 unspecified atom stereocenters. The number of carbonyl (C=O) groups excluding carboxylic acids is 1. The van der Waals surface area contributed by atoms with Crippen LogP contribution in [0.4, 0.5) is 19.3 Å². The number of fused-ring (bicyclic) bond motifs is 2. The molecule has 0 aliphatic carbocycles. The Morgan fingerprint density at radius 3 is 2.39 bits per heavy atom. The van der Waals surface area contributed by atoms with Gasteiger partial charge in [-0.2, -0.15) is 5.26 Å². The second kappa shape index (κ2) is 10.1. The molecule has 2 aromatic carbocycles. The van der Waals surface area contributed by atoms with E-state index < -0.39 is 23.3 Å². The molecule has 2 bridgehead atoms. The van der Waals surface area contributed by atoms with E-state index in [4.69, 9.17) is 5.73 Å². The van der Waals surface area contributed by atoms with Gasteiger partial charge in [0, 0.05) is 73.6 Å². The Morgan fingerprint density at radius 1 is 1.13 bits per heavy atom. The Kier molecular flexibility index (Phi) is 6.84. The minimum absolute atomic E-state index is 0.0316. The first-order chi connectivity index (χ1) is 18.2. The minimum Gasteiger partial charge on any atom is -0.383 e. The smallest absolute Gasteiger partial charge is 0.321 e. The van der Waals surface area contributed by atoms with Crippen molar-refractivity contribution in [3.63, 3.8) is 0 Å². The maximum absolute atomic E-state index is 13.6. The summed E-state index contributed by atoms with van der Waals surface area (Å²) in [6.45, 7) is 1.89. The molecular formula is C28H28F2N6O2. The number of likely N-dealkylation sites (tertiary alicyclic amines) is 2. The lowest BCUT2D eigenvalue weighted by atomic mass is 9.68. The lowest BCUT2D eigenvalue weighted by Gasteiger charge is -2.54. The molecule has 3 aromatic rings. The lowest BCUT2D eigenvalue weighted by Crippen LogP contribution is -2.66. The number of benzene rings is 2. The average Bonchev–Trinajstić information content (AvgIpc) is 2.88. The fourth-order valence-corrected chi connectivity index (χ4v) is 5.70. The largest absolute Gasteiger partial charge is 0.383 e. The summed E-state index contributed by atoms with van der Waals surface area (Å²) in [5, 5.41) is 24.2. The van der Waals surface area contributed by atoms with E-state index in [9.17, 15) is 23.9 Å². The van der Waals surface area contributed by atoms with Gasteiger partial charge in [0.1, 0.15) is 17.2 Å². The van der Waals surface area contributed by atoms with Crippen LogP contribution in [-0.2, 0) is 12.1 Å². The number of amides is 2. The quantitative estimate of drug-likeness (QED) is 0.488. The number of aromatic nitrogens is 1. The van der Waals surface area contributed by atoms with Crippen LogP contribution in [0, 0.1) is 34.8 Å². The second-order valence-corrected chi connectivity index (χ2v) is 10.1. The lowest BCUT2D eigenvalue weighted by molar-refractivity contribution is -0.155. The van der Waals surface area contributed by atoms with Crippen molar-refractivity contribution >= 4 is 11.7 Å². The van der Waals surface area contributed by atoms with Gasteiger partial charge in [-0.05, 0) is 36.9 Å². The Labute approximate surface area is 219 Å². The van der Waals surface area contributed by atoms with Crippen LogP contribution in [0.3, 0.4) is 0 Å². The molecule has 0 spiro atoms. The first kappa shape index (κ1) is 25.7. The molecule has 1 aromatic heterocycles. The Hall–Kier alpha value is -3.91. The molecule has 3 atom stereocenters. The van der Waals surface area contributed by atoms with Crippen LogP contribution in [0.15, 0.2) is 54.7 Å². The van der Waals surface area contributed by atoms with E-state index in [2.05, 4.69) is 21.3 Å². The SMILES string of the molecule is CN1C[C@@H]2CN(C(=O)Nc3cc(F)cc(F)c3)C[C@H](C1)[C@@]2(O)c1ccc(-c2ccc(CN)cc2C#N)cn1. The van der Waals surface area contributed by atoms with Crippen LogP contribution in [0.25, 0.3) is 11.1 Å². The average molecular weight is 519 g/mol. The molecule has 5 rings (SSSR count). The molecule has 2 fully saturated rings. The van der Waals surface area contributed by atoms with Crippen LogP contribution >= 0.6 is 0 Å². The molecule has 0 saturated carbocycles. The van der Waals surface area contributed by atoms with E-state index in [-0.39, 0.29) is 30.6 Å². The molecule has 2 aliphatic heterocycles. The van der Waals surface area contributed by atoms with Crippen molar-refractivity contribution in [1.29, 1.82) is 5.26 Å². The van der Waals surface area contributed by atoms with Gasteiger partial charge in [0.2, 0.25) is 0 Å². The summed E-state index contributed by atoms with van der Waals surface area (Å²) >= 11 is 0. The predicted octanol–water partition coefficient (Wildman–Crippen LogP) is 3.27. The summed E-state index contributed by atoms with van der Waals surface area (Å²) < 4.78 is 27.2. The highest BCUT2D eigenvalue weighted by molar-refractivity contribution is 5.89. The zero-order chi connectivity index (χ0) is 27.0. The Balaban J connectivity index is 1.39. The molecule has 196 valence electrons. The van der Waals surface area contributed by atoms with Gasteiger partial charge in [0.25, 0.3) is 0 Å². The van der Waals surface area contributed by atoms with Gasteiger partial charge < -0.3 is 26.0 Å². The minimum atomic E-state index is -1.27. The van der Waals surface area contributed by atoms with E-state index in [0.717, 1.165) is 34.9 Å². The fourth-order valence-electron chi connectivity index (χ4n) is 5.70. The monoisotopic (exact) mass is 518 g/mol. The molecule has 2 aliphatic rings. The molecule has 8 nitrogen and oxygen atoms in total. The number of piperidine rings is 2. The molecule has 38 heavy (non-hydrogen) atoms. The highest BCUT2D eigenvalue weighted by Crippen LogP contribution is 2.44.